The molecule has 140 valence electrons. The molecule has 0 bridgehead atoms. The number of hydrogen-bond acceptors (Lipinski definition) is 4. The molecule has 0 aliphatic carbocycles. The number of nitrogens with zero attached hydrogens (tertiary/aromatic N) is 1. The quantitative estimate of drug-likeness (QED) is 0.773. The van der Waals surface area contributed by atoms with Gasteiger partial charge in [-0.3, -0.25) is 9.78 Å². The van der Waals surface area contributed by atoms with Gasteiger partial charge in [0.1, 0.15) is 16.8 Å². The minimum atomic E-state index is -4.18. The fraction of sp³-hybridized carbons (Fsp3) is 0.333. The molecule has 0 spiro atoms. The lowest BCUT2D eigenvalue weighted by atomic mass is 10.0. The summed E-state index contributed by atoms with van der Waals surface area (Å²) in [5.74, 6) is -1.68. The van der Waals surface area contributed by atoms with Gasteiger partial charge in [0.05, 0.1) is 6.04 Å². The summed E-state index contributed by atoms with van der Waals surface area (Å²) in [6.45, 7) is 5.21. The summed E-state index contributed by atoms with van der Waals surface area (Å²) < 4.78 is 41.1. The van der Waals surface area contributed by atoms with E-state index in [4.69, 9.17) is 0 Å². The van der Waals surface area contributed by atoms with Gasteiger partial charge in [-0.25, -0.2) is 12.8 Å². The molecule has 2 N–H and O–H groups in total. The zero-order valence-electron chi connectivity index (χ0n) is 14.8. The molecule has 1 amide bonds. The van der Waals surface area contributed by atoms with E-state index in [9.17, 15) is 17.6 Å². The fourth-order valence-corrected chi connectivity index (χ4v) is 3.85. The van der Waals surface area contributed by atoms with Gasteiger partial charge in [-0.05, 0) is 42.7 Å². The van der Waals surface area contributed by atoms with Crippen LogP contribution < -0.4 is 10.0 Å². The minimum absolute atomic E-state index is 0.329. The Hall–Kier alpha value is -2.32. The van der Waals surface area contributed by atoms with Crippen LogP contribution in [0.25, 0.3) is 0 Å². The normalized spacial score (nSPS) is 14.0. The van der Waals surface area contributed by atoms with Crippen molar-refractivity contribution in [3.8, 4) is 0 Å². The topological polar surface area (TPSA) is 88.2 Å². The lowest BCUT2D eigenvalue weighted by Gasteiger charge is -2.24. The van der Waals surface area contributed by atoms with E-state index in [1.807, 2.05) is 0 Å². The van der Waals surface area contributed by atoms with E-state index in [0.717, 1.165) is 17.7 Å². The zero-order valence-corrected chi connectivity index (χ0v) is 15.6. The highest BCUT2D eigenvalue weighted by Gasteiger charge is 2.30. The molecule has 1 aromatic heterocycles. The third kappa shape index (κ3) is 4.86. The van der Waals surface area contributed by atoms with Crippen molar-refractivity contribution in [3.63, 3.8) is 0 Å². The SMILES string of the molecule is CC(NC(=O)C(NS(=O)(=O)c1ccccc1F)C(C)C)c1ccncc1. The Morgan fingerprint density at radius 1 is 1.08 bits per heavy atom. The molecule has 0 radical (unpaired) electrons. The maximum atomic E-state index is 13.8. The lowest BCUT2D eigenvalue weighted by Crippen LogP contribution is -2.50. The first-order chi connectivity index (χ1) is 12.2. The van der Waals surface area contributed by atoms with Crippen LogP contribution in [-0.4, -0.2) is 25.4 Å². The van der Waals surface area contributed by atoms with Gasteiger partial charge in [0.15, 0.2) is 0 Å². The first kappa shape index (κ1) is 20.0. The van der Waals surface area contributed by atoms with Gasteiger partial charge >= 0.3 is 0 Å². The fourth-order valence-electron chi connectivity index (χ4n) is 2.42. The van der Waals surface area contributed by atoms with Crippen molar-refractivity contribution >= 4 is 15.9 Å². The van der Waals surface area contributed by atoms with Gasteiger partial charge in [0.2, 0.25) is 15.9 Å². The van der Waals surface area contributed by atoms with Crippen molar-refractivity contribution in [2.45, 2.75) is 37.8 Å². The second kappa shape index (κ2) is 8.37. The molecule has 1 heterocycles. The average molecular weight is 379 g/mol. The van der Waals surface area contributed by atoms with Gasteiger partial charge < -0.3 is 5.32 Å². The van der Waals surface area contributed by atoms with Crippen LogP contribution in [-0.2, 0) is 14.8 Å². The molecule has 0 fully saturated rings. The van der Waals surface area contributed by atoms with E-state index in [1.165, 1.54) is 12.1 Å². The van der Waals surface area contributed by atoms with E-state index in [-0.39, 0.29) is 12.0 Å². The summed E-state index contributed by atoms with van der Waals surface area (Å²) in [5.41, 5.74) is 0.841. The smallest absolute Gasteiger partial charge is 0.244 e. The molecule has 2 aromatic rings. The second-order valence-electron chi connectivity index (χ2n) is 6.28. The highest BCUT2D eigenvalue weighted by Crippen LogP contribution is 2.17. The van der Waals surface area contributed by atoms with Gasteiger partial charge in [0.25, 0.3) is 0 Å². The number of carbonyl (C=O) groups is 1. The van der Waals surface area contributed by atoms with Crippen LogP contribution in [0.15, 0.2) is 53.7 Å². The molecule has 1 aromatic carbocycles. The van der Waals surface area contributed by atoms with Crippen LogP contribution in [0.3, 0.4) is 0 Å². The Morgan fingerprint density at radius 3 is 2.27 bits per heavy atom. The van der Waals surface area contributed by atoms with Gasteiger partial charge in [-0.15, -0.1) is 0 Å². The molecule has 2 atom stereocenters. The molecule has 2 rings (SSSR count). The van der Waals surface area contributed by atoms with Crippen molar-refractivity contribution in [3.05, 3.63) is 60.2 Å². The largest absolute Gasteiger partial charge is 0.348 e. The third-order valence-electron chi connectivity index (χ3n) is 3.92. The molecule has 0 saturated heterocycles. The monoisotopic (exact) mass is 379 g/mol. The molecular formula is C18H22FN3O3S. The molecule has 0 saturated carbocycles. The van der Waals surface area contributed by atoms with Crippen LogP contribution in [0.1, 0.15) is 32.4 Å². The maximum absolute atomic E-state index is 13.8. The van der Waals surface area contributed by atoms with Crippen molar-refractivity contribution in [1.29, 1.82) is 0 Å². The van der Waals surface area contributed by atoms with E-state index in [2.05, 4.69) is 15.0 Å². The number of pyridine rings is 1. The van der Waals surface area contributed by atoms with E-state index >= 15 is 0 Å². The Bertz CT molecular complexity index is 857. The number of aromatic nitrogens is 1. The number of sulfonamides is 1. The minimum Gasteiger partial charge on any atom is -0.348 e. The third-order valence-corrected chi connectivity index (χ3v) is 5.40. The van der Waals surface area contributed by atoms with Crippen molar-refractivity contribution < 1.29 is 17.6 Å². The molecule has 6 nitrogen and oxygen atoms in total. The number of amides is 1. The summed E-state index contributed by atoms with van der Waals surface area (Å²) in [6.07, 6.45) is 3.22. The second-order valence-corrected chi connectivity index (χ2v) is 7.97. The maximum Gasteiger partial charge on any atom is 0.244 e. The Kier molecular flexibility index (Phi) is 6.44. The molecular weight excluding hydrogens is 357 g/mol. The number of carbonyl (C=O) groups excluding carboxylic acids is 1. The predicted molar refractivity (Wildman–Crippen MR) is 96.1 cm³/mol. The van der Waals surface area contributed by atoms with E-state index in [1.54, 1.807) is 45.3 Å². The lowest BCUT2D eigenvalue weighted by molar-refractivity contribution is -0.124. The first-order valence-electron chi connectivity index (χ1n) is 8.19. The Morgan fingerprint density at radius 2 is 1.69 bits per heavy atom. The highest BCUT2D eigenvalue weighted by atomic mass is 32.2. The molecule has 26 heavy (non-hydrogen) atoms. The van der Waals surface area contributed by atoms with Gasteiger partial charge in [-0.1, -0.05) is 26.0 Å². The van der Waals surface area contributed by atoms with Crippen LogP contribution in [0.4, 0.5) is 4.39 Å². The Labute approximate surface area is 152 Å². The summed E-state index contributed by atoms with van der Waals surface area (Å²) in [7, 11) is -4.18. The van der Waals surface area contributed by atoms with E-state index in [0.29, 0.717) is 0 Å². The standard InChI is InChI=1S/C18H22FN3O3S/c1-12(2)17(18(23)21-13(3)14-8-10-20-11-9-14)22-26(24,25)16-7-5-4-6-15(16)19/h4-13,17,22H,1-3H3,(H,21,23). The van der Waals surface area contributed by atoms with Crippen LogP contribution in [0, 0.1) is 11.7 Å². The van der Waals surface area contributed by atoms with Crippen LogP contribution in [0.5, 0.6) is 0 Å². The molecule has 0 aliphatic rings. The highest BCUT2D eigenvalue weighted by molar-refractivity contribution is 7.89. The number of hydrogen-bond donors (Lipinski definition) is 2. The average Bonchev–Trinajstić information content (AvgIpc) is 2.60. The summed E-state index contributed by atoms with van der Waals surface area (Å²) in [6, 6.07) is 7.20. The predicted octanol–water partition coefficient (Wildman–Crippen LogP) is 2.40. The molecule has 2 unspecified atom stereocenters. The zero-order chi connectivity index (χ0) is 19.3. The van der Waals surface area contributed by atoms with E-state index < -0.39 is 32.7 Å². The van der Waals surface area contributed by atoms with Crippen molar-refractivity contribution in [2.75, 3.05) is 0 Å². The summed E-state index contributed by atoms with van der Waals surface area (Å²) in [5, 5.41) is 2.78. The molecule has 0 aliphatic heterocycles. The van der Waals surface area contributed by atoms with Gasteiger partial charge in [-0.2, -0.15) is 4.72 Å². The first-order valence-corrected chi connectivity index (χ1v) is 9.68. The van der Waals surface area contributed by atoms with Crippen LogP contribution >= 0.6 is 0 Å². The molecule has 8 heteroatoms. The summed E-state index contributed by atoms with van der Waals surface area (Å²) in [4.78, 5) is 16.1. The van der Waals surface area contributed by atoms with Crippen molar-refractivity contribution in [2.24, 2.45) is 5.92 Å². The number of rotatable bonds is 7. The number of halogens is 1. The summed E-state index contributed by atoms with van der Waals surface area (Å²) >= 11 is 0. The number of benzene rings is 1. The van der Waals surface area contributed by atoms with Crippen LogP contribution in [0.2, 0.25) is 0 Å². The van der Waals surface area contributed by atoms with Gasteiger partial charge in [0, 0.05) is 12.4 Å². The number of nitrogens with one attached hydrogen (secondary N) is 2. The Balaban J connectivity index is 2.18. The van der Waals surface area contributed by atoms with Crippen molar-refractivity contribution in [1.82, 2.24) is 15.0 Å².